The second-order valence-electron chi connectivity index (χ2n) is 3.98. The van der Waals surface area contributed by atoms with E-state index in [1.165, 1.54) is 0 Å². The van der Waals surface area contributed by atoms with Crippen molar-refractivity contribution in [3.63, 3.8) is 0 Å². The molecule has 0 saturated heterocycles. The van der Waals surface area contributed by atoms with E-state index in [2.05, 4.69) is 0 Å². The van der Waals surface area contributed by atoms with E-state index in [0.717, 1.165) is 12.3 Å². The Kier molecular flexibility index (Phi) is 7.30. The van der Waals surface area contributed by atoms with Crippen LogP contribution in [0.1, 0.15) is 13.8 Å². The molecule has 19 heavy (non-hydrogen) atoms. The zero-order valence-corrected chi connectivity index (χ0v) is 12.2. The summed E-state index contributed by atoms with van der Waals surface area (Å²) in [7, 11) is 0. The van der Waals surface area contributed by atoms with Crippen LogP contribution in [0.2, 0.25) is 5.02 Å². The molecule has 0 aliphatic carbocycles. The summed E-state index contributed by atoms with van der Waals surface area (Å²) in [5.41, 5.74) is 0. The van der Waals surface area contributed by atoms with Gasteiger partial charge in [-0.3, -0.25) is 9.69 Å². The van der Waals surface area contributed by atoms with Crippen molar-refractivity contribution in [3.05, 3.63) is 29.3 Å². The number of ether oxygens (including phenoxy) is 2. The van der Waals surface area contributed by atoms with Gasteiger partial charge >= 0.3 is 5.97 Å². The Balaban J connectivity index is 2.29. The minimum atomic E-state index is -0.198. The number of rotatable bonds is 8. The van der Waals surface area contributed by atoms with Crippen LogP contribution in [0.4, 0.5) is 0 Å². The molecule has 1 aromatic carbocycles. The summed E-state index contributed by atoms with van der Waals surface area (Å²) in [6.45, 7) is 6.50. The van der Waals surface area contributed by atoms with Gasteiger partial charge in [-0.05, 0) is 37.7 Å². The van der Waals surface area contributed by atoms with Gasteiger partial charge in [0.05, 0.1) is 13.2 Å². The van der Waals surface area contributed by atoms with Gasteiger partial charge in [0.2, 0.25) is 0 Å². The Morgan fingerprint density at radius 1 is 1.26 bits per heavy atom. The highest BCUT2D eigenvalue weighted by molar-refractivity contribution is 6.30. The quantitative estimate of drug-likeness (QED) is 0.688. The van der Waals surface area contributed by atoms with E-state index in [1.54, 1.807) is 19.1 Å². The summed E-state index contributed by atoms with van der Waals surface area (Å²) in [5, 5.41) is 0.685. The lowest BCUT2D eigenvalue weighted by Gasteiger charge is -2.19. The predicted molar refractivity (Wildman–Crippen MR) is 75.7 cm³/mol. The average Bonchev–Trinajstić information content (AvgIpc) is 2.40. The zero-order chi connectivity index (χ0) is 14.1. The molecule has 0 amide bonds. The molecule has 0 spiro atoms. The fourth-order valence-corrected chi connectivity index (χ4v) is 1.69. The number of likely N-dealkylation sites (N-methyl/N-ethyl adjacent to an activating group) is 1. The maximum absolute atomic E-state index is 11.4. The van der Waals surface area contributed by atoms with Gasteiger partial charge in [0.25, 0.3) is 0 Å². The molecule has 0 aromatic heterocycles. The molecule has 0 fully saturated rings. The first-order valence-corrected chi connectivity index (χ1v) is 6.79. The van der Waals surface area contributed by atoms with E-state index >= 15 is 0 Å². The molecule has 1 aromatic rings. The van der Waals surface area contributed by atoms with Crippen LogP contribution in [-0.2, 0) is 9.53 Å². The zero-order valence-electron chi connectivity index (χ0n) is 11.4. The molecule has 106 valence electrons. The van der Waals surface area contributed by atoms with Crippen molar-refractivity contribution in [1.82, 2.24) is 4.90 Å². The van der Waals surface area contributed by atoms with Crippen LogP contribution < -0.4 is 4.74 Å². The van der Waals surface area contributed by atoms with E-state index in [9.17, 15) is 4.79 Å². The number of halogens is 1. The fourth-order valence-electron chi connectivity index (χ4n) is 1.56. The third-order valence-corrected chi connectivity index (χ3v) is 2.85. The van der Waals surface area contributed by atoms with Gasteiger partial charge < -0.3 is 9.47 Å². The molecule has 0 saturated carbocycles. The smallest absolute Gasteiger partial charge is 0.320 e. The molecular weight excluding hydrogens is 266 g/mol. The van der Waals surface area contributed by atoms with Crippen molar-refractivity contribution >= 4 is 17.6 Å². The Hall–Kier alpha value is -1.26. The lowest BCUT2D eigenvalue weighted by atomic mass is 10.3. The average molecular weight is 286 g/mol. The first kappa shape index (κ1) is 15.8. The van der Waals surface area contributed by atoms with Crippen LogP contribution in [0.15, 0.2) is 24.3 Å². The van der Waals surface area contributed by atoms with Gasteiger partial charge in [-0.25, -0.2) is 0 Å². The minimum absolute atomic E-state index is 0.198. The molecule has 0 unspecified atom stereocenters. The Morgan fingerprint density at radius 2 is 1.95 bits per heavy atom. The maximum atomic E-state index is 11.4. The fraction of sp³-hybridized carbons (Fsp3) is 0.500. The molecule has 0 radical (unpaired) electrons. The summed E-state index contributed by atoms with van der Waals surface area (Å²) < 4.78 is 10.5. The molecule has 4 nitrogen and oxygen atoms in total. The van der Waals surface area contributed by atoms with Crippen molar-refractivity contribution < 1.29 is 14.3 Å². The lowest BCUT2D eigenvalue weighted by molar-refractivity contribution is -0.144. The number of benzene rings is 1. The van der Waals surface area contributed by atoms with Gasteiger partial charge in [-0.1, -0.05) is 18.5 Å². The van der Waals surface area contributed by atoms with Crippen LogP contribution in [0.3, 0.4) is 0 Å². The Morgan fingerprint density at radius 3 is 2.53 bits per heavy atom. The van der Waals surface area contributed by atoms with Crippen LogP contribution in [0.5, 0.6) is 5.75 Å². The first-order valence-electron chi connectivity index (χ1n) is 6.42. The molecule has 0 atom stereocenters. The highest BCUT2D eigenvalue weighted by Gasteiger charge is 2.09. The Labute approximate surface area is 119 Å². The number of esters is 1. The van der Waals surface area contributed by atoms with E-state index in [1.807, 2.05) is 24.0 Å². The number of carbonyl (C=O) groups excluding carboxylic acids is 1. The monoisotopic (exact) mass is 285 g/mol. The lowest BCUT2D eigenvalue weighted by Crippen LogP contribution is -2.34. The highest BCUT2D eigenvalue weighted by Crippen LogP contribution is 2.15. The number of hydrogen-bond donors (Lipinski definition) is 0. The molecule has 0 aliphatic rings. The number of carbonyl (C=O) groups is 1. The van der Waals surface area contributed by atoms with Crippen molar-refractivity contribution in [2.45, 2.75) is 13.8 Å². The SMILES string of the molecule is CCOC(=O)CN(CC)CCOc1ccc(Cl)cc1. The molecule has 0 aliphatic heterocycles. The van der Waals surface area contributed by atoms with Gasteiger partial charge in [0.15, 0.2) is 0 Å². The predicted octanol–water partition coefficient (Wildman–Crippen LogP) is 2.60. The summed E-state index contributed by atoms with van der Waals surface area (Å²) in [4.78, 5) is 13.3. The van der Waals surface area contributed by atoms with E-state index < -0.39 is 0 Å². The molecular formula is C14H20ClNO3. The summed E-state index contributed by atoms with van der Waals surface area (Å²) in [6.07, 6.45) is 0. The Bertz CT molecular complexity index is 381. The van der Waals surface area contributed by atoms with Gasteiger partial charge in [-0.2, -0.15) is 0 Å². The first-order chi connectivity index (χ1) is 9.15. The normalized spacial score (nSPS) is 10.5. The van der Waals surface area contributed by atoms with Crippen molar-refractivity contribution in [1.29, 1.82) is 0 Å². The number of hydrogen-bond acceptors (Lipinski definition) is 4. The van der Waals surface area contributed by atoms with E-state index in [-0.39, 0.29) is 5.97 Å². The molecule has 1 rings (SSSR count). The van der Waals surface area contributed by atoms with Gasteiger partial charge in [0.1, 0.15) is 12.4 Å². The molecule has 0 bridgehead atoms. The summed E-state index contributed by atoms with van der Waals surface area (Å²) in [5.74, 6) is 0.576. The third-order valence-electron chi connectivity index (χ3n) is 2.60. The standard InChI is InChI=1S/C14H20ClNO3/c1-3-16(11-14(17)18-4-2)9-10-19-13-7-5-12(15)6-8-13/h5-8H,3-4,9-11H2,1-2H3. The second kappa shape index (κ2) is 8.77. The largest absolute Gasteiger partial charge is 0.492 e. The van der Waals surface area contributed by atoms with E-state index in [0.29, 0.717) is 31.3 Å². The molecule has 5 heteroatoms. The maximum Gasteiger partial charge on any atom is 0.320 e. The van der Waals surface area contributed by atoms with Crippen LogP contribution in [0.25, 0.3) is 0 Å². The van der Waals surface area contributed by atoms with Crippen molar-refractivity contribution in [2.24, 2.45) is 0 Å². The van der Waals surface area contributed by atoms with E-state index in [4.69, 9.17) is 21.1 Å². The van der Waals surface area contributed by atoms with Crippen LogP contribution >= 0.6 is 11.6 Å². The second-order valence-corrected chi connectivity index (χ2v) is 4.41. The number of nitrogens with zero attached hydrogens (tertiary/aromatic N) is 1. The topological polar surface area (TPSA) is 38.8 Å². The summed E-state index contributed by atoms with van der Waals surface area (Å²) in [6, 6.07) is 7.22. The molecule has 0 N–H and O–H groups in total. The summed E-state index contributed by atoms with van der Waals surface area (Å²) >= 11 is 5.79. The third kappa shape index (κ3) is 6.45. The minimum Gasteiger partial charge on any atom is -0.492 e. The van der Waals surface area contributed by atoms with Crippen LogP contribution in [0, 0.1) is 0 Å². The highest BCUT2D eigenvalue weighted by atomic mass is 35.5. The van der Waals surface area contributed by atoms with Crippen LogP contribution in [-0.4, -0.2) is 43.7 Å². The van der Waals surface area contributed by atoms with Crippen molar-refractivity contribution in [3.8, 4) is 5.75 Å². The van der Waals surface area contributed by atoms with Gasteiger partial charge in [0, 0.05) is 11.6 Å². The molecule has 0 heterocycles. The van der Waals surface area contributed by atoms with Gasteiger partial charge in [-0.15, -0.1) is 0 Å². The van der Waals surface area contributed by atoms with Crippen molar-refractivity contribution in [2.75, 3.05) is 32.8 Å².